The number of hydrogen-bond acceptors (Lipinski definition) is 6. The van der Waals surface area contributed by atoms with E-state index in [1.54, 1.807) is 16.3 Å². The summed E-state index contributed by atoms with van der Waals surface area (Å²) in [5.41, 5.74) is 2.75. The van der Waals surface area contributed by atoms with Crippen LogP contribution in [0.2, 0.25) is 0 Å². The second-order valence-corrected chi connectivity index (χ2v) is 7.13. The first kappa shape index (κ1) is 16.8. The van der Waals surface area contributed by atoms with Crippen LogP contribution in [0.25, 0.3) is 16.7 Å². The first-order chi connectivity index (χ1) is 12.6. The molecule has 0 unspecified atom stereocenters. The Labute approximate surface area is 154 Å². The molecule has 0 atom stereocenters. The number of aromatic nitrogens is 5. The van der Waals surface area contributed by atoms with E-state index < -0.39 is 0 Å². The highest BCUT2D eigenvalue weighted by Crippen LogP contribution is 2.27. The van der Waals surface area contributed by atoms with Gasteiger partial charge in [-0.15, -0.1) is 10.2 Å². The topological polar surface area (TPSA) is 78.2 Å². The van der Waals surface area contributed by atoms with E-state index in [9.17, 15) is 4.79 Å². The standard InChI is InChI=1S/C18H19N5O2S/c1-4-9-22-16(24)13-7-5-6-8-15(13)23-17(22)19-20-18(23)26-10-14-11(2)21-25-12(14)3/h5-8H,4,9-10H2,1-3H3. The molecule has 0 saturated heterocycles. The molecule has 0 aliphatic carbocycles. The van der Waals surface area contributed by atoms with Crippen molar-refractivity contribution in [1.29, 1.82) is 0 Å². The van der Waals surface area contributed by atoms with E-state index >= 15 is 0 Å². The minimum atomic E-state index is -0.0235. The second kappa shape index (κ2) is 6.60. The third-order valence-corrected chi connectivity index (χ3v) is 5.41. The fourth-order valence-corrected chi connectivity index (χ4v) is 4.19. The summed E-state index contributed by atoms with van der Waals surface area (Å²) in [5, 5.41) is 14.1. The van der Waals surface area contributed by atoms with E-state index in [1.807, 2.05) is 49.4 Å². The van der Waals surface area contributed by atoms with E-state index in [-0.39, 0.29) is 5.56 Å². The van der Waals surface area contributed by atoms with Gasteiger partial charge in [-0.3, -0.25) is 13.8 Å². The molecule has 0 aliphatic rings. The number of para-hydroxylation sites is 1. The Hall–Kier alpha value is -2.61. The predicted octanol–water partition coefficient (Wildman–Crippen LogP) is 3.35. The van der Waals surface area contributed by atoms with Crippen LogP contribution >= 0.6 is 11.8 Å². The average Bonchev–Trinajstić information content (AvgIpc) is 3.20. The Morgan fingerprint density at radius 1 is 1.19 bits per heavy atom. The molecular formula is C18H19N5O2S. The van der Waals surface area contributed by atoms with E-state index in [0.29, 0.717) is 23.5 Å². The lowest BCUT2D eigenvalue weighted by molar-refractivity contribution is 0.392. The highest BCUT2D eigenvalue weighted by atomic mass is 32.2. The second-order valence-electron chi connectivity index (χ2n) is 6.18. The van der Waals surface area contributed by atoms with Crippen LogP contribution in [0.15, 0.2) is 38.7 Å². The number of thioether (sulfide) groups is 1. The predicted molar refractivity (Wildman–Crippen MR) is 101 cm³/mol. The van der Waals surface area contributed by atoms with E-state index in [4.69, 9.17) is 4.52 Å². The van der Waals surface area contributed by atoms with Gasteiger partial charge in [0, 0.05) is 17.9 Å². The summed E-state index contributed by atoms with van der Waals surface area (Å²) in [5.74, 6) is 2.08. The number of rotatable bonds is 5. The first-order valence-electron chi connectivity index (χ1n) is 8.53. The lowest BCUT2D eigenvalue weighted by Gasteiger charge is -2.10. The zero-order chi connectivity index (χ0) is 18.3. The number of fused-ring (bicyclic) bond motifs is 3. The van der Waals surface area contributed by atoms with Gasteiger partial charge in [0.05, 0.1) is 16.6 Å². The summed E-state index contributed by atoms with van der Waals surface area (Å²) < 4.78 is 8.91. The highest BCUT2D eigenvalue weighted by Gasteiger charge is 2.17. The number of hydrogen-bond donors (Lipinski definition) is 0. The minimum absolute atomic E-state index is 0.0235. The molecule has 4 aromatic rings. The van der Waals surface area contributed by atoms with Gasteiger partial charge in [0.1, 0.15) is 5.76 Å². The van der Waals surface area contributed by atoms with Crippen molar-refractivity contribution in [3.63, 3.8) is 0 Å². The van der Waals surface area contributed by atoms with Crippen molar-refractivity contribution in [3.05, 3.63) is 51.6 Å². The Bertz CT molecular complexity index is 1140. The molecule has 0 saturated carbocycles. The quantitative estimate of drug-likeness (QED) is 0.502. The van der Waals surface area contributed by atoms with E-state index in [0.717, 1.165) is 34.1 Å². The third kappa shape index (κ3) is 2.61. The Morgan fingerprint density at radius 2 is 2.00 bits per heavy atom. The Morgan fingerprint density at radius 3 is 2.73 bits per heavy atom. The van der Waals surface area contributed by atoms with Crippen molar-refractivity contribution in [2.24, 2.45) is 0 Å². The van der Waals surface area contributed by atoms with Gasteiger partial charge < -0.3 is 4.52 Å². The molecule has 1 aromatic carbocycles. The Kier molecular flexibility index (Phi) is 4.28. The maximum Gasteiger partial charge on any atom is 0.262 e. The van der Waals surface area contributed by atoms with Gasteiger partial charge in [0.15, 0.2) is 5.16 Å². The summed E-state index contributed by atoms with van der Waals surface area (Å²) in [6, 6.07) is 7.59. The van der Waals surface area contributed by atoms with Crippen molar-refractivity contribution in [1.82, 2.24) is 24.3 Å². The SMILES string of the molecule is CCCn1c(=O)c2ccccc2n2c(SCc3c(C)noc3C)nnc12. The highest BCUT2D eigenvalue weighted by molar-refractivity contribution is 7.98. The molecule has 0 amide bonds. The molecule has 0 aliphatic heterocycles. The van der Waals surface area contributed by atoms with Crippen LogP contribution < -0.4 is 5.56 Å². The first-order valence-corrected chi connectivity index (χ1v) is 9.51. The number of nitrogens with zero attached hydrogens (tertiary/aromatic N) is 5. The summed E-state index contributed by atoms with van der Waals surface area (Å²) >= 11 is 1.56. The molecule has 26 heavy (non-hydrogen) atoms. The molecule has 4 rings (SSSR count). The van der Waals surface area contributed by atoms with E-state index in [2.05, 4.69) is 15.4 Å². The molecule has 0 spiro atoms. The van der Waals surface area contributed by atoms with Crippen LogP contribution in [-0.4, -0.2) is 24.3 Å². The van der Waals surface area contributed by atoms with Crippen LogP contribution in [0.1, 0.15) is 30.4 Å². The molecule has 0 bridgehead atoms. The van der Waals surface area contributed by atoms with Crippen molar-refractivity contribution >= 4 is 28.4 Å². The fourth-order valence-electron chi connectivity index (χ4n) is 3.10. The van der Waals surface area contributed by atoms with Gasteiger partial charge in [-0.1, -0.05) is 36.0 Å². The van der Waals surface area contributed by atoms with Gasteiger partial charge in [-0.05, 0) is 32.4 Å². The normalized spacial score (nSPS) is 11.7. The maximum atomic E-state index is 12.8. The van der Waals surface area contributed by atoms with Crippen molar-refractivity contribution < 1.29 is 4.52 Å². The lowest BCUT2D eigenvalue weighted by atomic mass is 10.2. The summed E-state index contributed by atoms with van der Waals surface area (Å²) in [6.07, 6.45) is 0.850. The molecule has 134 valence electrons. The third-order valence-electron chi connectivity index (χ3n) is 4.45. The molecular weight excluding hydrogens is 350 g/mol. The number of aryl methyl sites for hydroxylation is 3. The van der Waals surface area contributed by atoms with Gasteiger partial charge in [-0.2, -0.15) is 0 Å². The molecule has 0 fully saturated rings. The van der Waals surface area contributed by atoms with Crippen LogP contribution in [0.5, 0.6) is 0 Å². The molecule has 3 heterocycles. The van der Waals surface area contributed by atoms with E-state index in [1.165, 1.54) is 0 Å². The van der Waals surface area contributed by atoms with Gasteiger partial charge in [-0.25, -0.2) is 0 Å². The summed E-state index contributed by atoms with van der Waals surface area (Å²) in [4.78, 5) is 12.8. The fraction of sp³-hybridized carbons (Fsp3) is 0.333. The average molecular weight is 369 g/mol. The molecule has 0 N–H and O–H groups in total. The van der Waals surface area contributed by atoms with Crippen LogP contribution in [0.4, 0.5) is 0 Å². The monoisotopic (exact) mass is 369 g/mol. The lowest BCUT2D eigenvalue weighted by Crippen LogP contribution is -2.23. The molecule has 8 heteroatoms. The van der Waals surface area contributed by atoms with Crippen molar-refractivity contribution in [2.45, 2.75) is 44.6 Å². The largest absolute Gasteiger partial charge is 0.361 e. The summed E-state index contributed by atoms with van der Waals surface area (Å²) in [6.45, 7) is 6.50. The smallest absolute Gasteiger partial charge is 0.262 e. The minimum Gasteiger partial charge on any atom is -0.361 e. The van der Waals surface area contributed by atoms with Crippen molar-refractivity contribution in [2.75, 3.05) is 0 Å². The zero-order valence-corrected chi connectivity index (χ0v) is 15.7. The maximum absolute atomic E-state index is 12.8. The van der Waals surface area contributed by atoms with Crippen LogP contribution in [0, 0.1) is 13.8 Å². The van der Waals surface area contributed by atoms with Gasteiger partial charge >= 0.3 is 0 Å². The van der Waals surface area contributed by atoms with Gasteiger partial charge in [0.25, 0.3) is 5.56 Å². The molecule has 0 radical (unpaired) electrons. The van der Waals surface area contributed by atoms with Gasteiger partial charge in [0.2, 0.25) is 5.78 Å². The van der Waals surface area contributed by atoms with Crippen LogP contribution in [-0.2, 0) is 12.3 Å². The number of benzene rings is 1. The molecule has 3 aromatic heterocycles. The van der Waals surface area contributed by atoms with Crippen LogP contribution in [0.3, 0.4) is 0 Å². The summed E-state index contributed by atoms with van der Waals surface area (Å²) in [7, 11) is 0. The molecule has 7 nitrogen and oxygen atoms in total. The zero-order valence-electron chi connectivity index (χ0n) is 14.9. The Balaban J connectivity index is 1.88. The van der Waals surface area contributed by atoms with Crippen molar-refractivity contribution in [3.8, 4) is 0 Å².